The molecule has 8 heteroatoms. The zero-order valence-electron chi connectivity index (χ0n) is 10.5. The van der Waals surface area contributed by atoms with Crippen molar-refractivity contribution in [2.24, 2.45) is 0 Å². The Labute approximate surface area is 130 Å². The lowest BCUT2D eigenvalue weighted by atomic mass is 10.2. The maximum Gasteiger partial charge on any atom is 0.272 e. The molecule has 0 aliphatic rings. The number of nitrogens with zero attached hydrogens (tertiary/aromatic N) is 1. The highest BCUT2D eigenvalue weighted by molar-refractivity contribution is 7.94. The van der Waals surface area contributed by atoms with Crippen LogP contribution in [-0.2, 0) is 10.0 Å². The lowest BCUT2D eigenvalue weighted by Gasteiger charge is -2.00. The molecule has 5 nitrogen and oxygen atoms in total. The van der Waals surface area contributed by atoms with E-state index < -0.39 is 10.0 Å². The van der Waals surface area contributed by atoms with E-state index in [4.69, 9.17) is 16.1 Å². The third kappa shape index (κ3) is 3.10. The van der Waals surface area contributed by atoms with Crippen molar-refractivity contribution >= 4 is 38.8 Å². The molecule has 0 aliphatic heterocycles. The van der Waals surface area contributed by atoms with Crippen LogP contribution < -0.4 is 4.72 Å². The Morgan fingerprint density at radius 3 is 2.57 bits per heavy atom. The maximum atomic E-state index is 12.1. The number of thiophene rings is 1. The van der Waals surface area contributed by atoms with E-state index in [2.05, 4.69) is 9.88 Å². The number of hydrogen-bond donors (Lipinski definition) is 1. The molecule has 0 atom stereocenters. The number of halogens is 1. The summed E-state index contributed by atoms with van der Waals surface area (Å²) in [5.74, 6) is 0.607. The van der Waals surface area contributed by atoms with Crippen LogP contribution in [0, 0.1) is 0 Å². The largest absolute Gasteiger partial charge is 0.354 e. The molecular formula is C13H9ClN2O3S2. The van der Waals surface area contributed by atoms with Gasteiger partial charge in [0.25, 0.3) is 10.0 Å². The fourth-order valence-corrected chi connectivity index (χ4v) is 4.16. The molecule has 0 bridgehead atoms. The standard InChI is InChI=1S/C13H9ClN2O3S2/c14-11-6-7-13(20-11)21(17,18)16-12-8-10(19-15-12)9-4-2-1-3-5-9/h1-8H,(H,15,16). The third-order valence-electron chi connectivity index (χ3n) is 2.62. The van der Waals surface area contributed by atoms with Crippen molar-refractivity contribution in [3.8, 4) is 11.3 Å². The Morgan fingerprint density at radius 1 is 1.14 bits per heavy atom. The molecule has 0 aliphatic carbocycles. The van der Waals surface area contributed by atoms with Crippen molar-refractivity contribution in [3.05, 3.63) is 52.9 Å². The van der Waals surface area contributed by atoms with Crippen LogP contribution in [0.3, 0.4) is 0 Å². The number of benzene rings is 1. The minimum atomic E-state index is -3.70. The monoisotopic (exact) mass is 340 g/mol. The molecule has 21 heavy (non-hydrogen) atoms. The molecular weight excluding hydrogens is 332 g/mol. The Balaban J connectivity index is 1.85. The number of rotatable bonds is 4. The molecule has 1 N–H and O–H groups in total. The summed E-state index contributed by atoms with van der Waals surface area (Å²) >= 11 is 6.72. The van der Waals surface area contributed by atoms with Crippen LogP contribution >= 0.6 is 22.9 Å². The fourth-order valence-electron chi connectivity index (χ4n) is 1.69. The molecule has 0 unspecified atom stereocenters. The van der Waals surface area contributed by atoms with Crippen molar-refractivity contribution in [1.29, 1.82) is 0 Å². The smallest absolute Gasteiger partial charge is 0.272 e. The normalized spacial score (nSPS) is 11.5. The van der Waals surface area contributed by atoms with Gasteiger partial charge < -0.3 is 4.52 Å². The van der Waals surface area contributed by atoms with Gasteiger partial charge in [0, 0.05) is 11.6 Å². The summed E-state index contributed by atoms with van der Waals surface area (Å²) in [6.45, 7) is 0. The second-order valence-corrected chi connectivity index (χ2v) is 7.73. The van der Waals surface area contributed by atoms with Gasteiger partial charge in [0.2, 0.25) is 0 Å². The lowest BCUT2D eigenvalue weighted by molar-refractivity contribution is 0.435. The van der Waals surface area contributed by atoms with Crippen molar-refractivity contribution < 1.29 is 12.9 Å². The highest BCUT2D eigenvalue weighted by atomic mass is 35.5. The Bertz CT molecular complexity index is 856. The number of nitrogens with one attached hydrogen (secondary N) is 1. The summed E-state index contributed by atoms with van der Waals surface area (Å²) in [6, 6.07) is 13.8. The molecule has 0 amide bonds. The molecule has 1 aromatic carbocycles. The molecule has 0 fully saturated rings. The zero-order valence-corrected chi connectivity index (χ0v) is 12.9. The van der Waals surface area contributed by atoms with Gasteiger partial charge in [-0.2, -0.15) is 0 Å². The number of sulfonamides is 1. The third-order valence-corrected chi connectivity index (χ3v) is 5.70. The van der Waals surface area contributed by atoms with Gasteiger partial charge in [0.1, 0.15) is 4.21 Å². The lowest BCUT2D eigenvalue weighted by Crippen LogP contribution is -2.11. The van der Waals surface area contributed by atoms with E-state index in [9.17, 15) is 8.42 Å². The van der Waals surface area contributed by atoms with Gasteiger partial charge in [-0.1, -0.05) is 47.1 Å². The van der Waals surface area contributed by atoms with E-state index in [1.165, 1.54) is 18.2 Å². The second-order valence-electron chi connectivity index (χ2n) is 4.11. The van der Waals surface area contributed by atoms with Crippen LogP contribution in [0.2, 0.25) is 4.34 Å². The van der Waals surface area contributed by atoms with Crippen LogP contribution in [-0.4, -0.2) is 13.6 Å². The molecule has 108 valence electrons. The van der Waals surface area contributed by atoms with E-state index in [1.54, 1.807) is 0 Å². The molecule has 3 rings (SSSR count). The van der Waals surface area contributed by atoms with Gasteiger partial charge in [-0.05, 0) is 12.1 Å². The van der Waals surface area contributed by atoms with Crippen LogP contribution in [0.4, 0.5) is 5.82 Å². The van der Waals surface area contributed by atoms with Crippen molar-refractivity contribution in [2.45, 2.75) is 4.21 Å². The summed E-state index contributed by atoms with van der Waals surface area (Å²) in [7, 11) is -3.70. The molecule has 2 aromatic heterocycles. The highest BCUT2D eigenvalue weighted by Crippen LogP contribution is 2.28. The minimum Gasteiger partial charge on any atom is -0.354 e. The van der Waals surface area contributed by atoms with E-state index in [0.29, 0.717) is 10.1 Å². The molecule has 2 heterocycles. The second kappa shape index (κ2) is 5.51. The first-order valence-electron chi connectivity index (χ1n) is 5.85. The quantitative estimate of drug-likeness (QED) is 0.782. The Kier molecular flexibility index (Phi) is 3.71. The molecule has 0 saturated heterocycles. The van der Waals surface area contributed by atoms with Gasteiger partial charge in [-0.15, -0.1) is 11.3 Å². The molecule has 0 radical (unpaired) electrons. The van der Waals surface area contributed by atoms with Crippen molar-refractivity contribution in [2.75, 3.05) is 4.72 Å². The van der Waals surface area contributed by atoms with Gasteiger partial charge >= 0.3 is 0 Å². The van der Waals surface area contributed by atoms with Gasteiger partial charge in [-0.25, -0.2) is 8.42 Å². The fraction of sp³-hybridized carbons (Fsp3) is 0. The number of aromatic nitrogens is 1. The Hall–Kier alpha value is -1.83. The number of anilines is 1. The van der Waals surface area contributed by atoms with Crippen molar-refractivity contribution in [3.63, 3.8) is 0 Å². The summed E-state index contributed by atoms with van der Waals surface area (Å²) in [6.07, 6.45) is 0. The van der Waals surface area contributed by atoms with E-state index in [-0.39, 0.29) is 10.0 Å². The molecule has 0 spiro atoms. The number of hydrogen-bond acceptors (Lipinski definition) is 5. The maximum absolute atomic E-state index is 12.1. The summed E-state index contributed by atoms with van der Waals surface area (Å²) in [4.78, 5) is 0. The first-order valence-corrected chi connectivity index (χ1v) is 8.53. The first-order chi connectivity index (χ1) is 10.0. The summed E-state index contributed by atoms with van der Waals surface area (Å²) < 4.78 is 32.3. The van der Waals surface area contributed by atoms with Gasteiger partial charge in [0.15, 0.2) is 11.6 Å². The van der Waals surface area contributed by atoms with Crippen molar-refractivity contribution in [1.82, 2.24) is 5.16 Å². The zero-order chi connectivity index (χ0) is 14.9. The van der Waals surface area contributed by atoms with Gasteiger partial charge in [-0.3, -0.25) is 4.72 Å². The van der Waals surface area contributed by atoms with Crippen LogP contribution in [0.15, 0.2) is 57.3 Å². The average Bonchev–Trinajstić information content (AvgIpc) is 3.09. The van der Waals surface area contributed by atoms with E-state index >= 15 is 0 Å². The Morgan fingerprint density at radius 2 is 1.90 bits per heavy atom. The first kappa shape index (κ1) is 14.1. The van der Waals surface area contributed by atoms with Gasteiger partial charge in [0.05, 0.1) is 4.34 Å². The highest BCUT2D eigenvalue weighted by Gasteiger charge is 2.19. The van der Waals surface area contributed by atoms with E-state index in [1.807, 2.05) is 30.3 Å². The van der Waals surface area contributed by atoms with Crippen LogP contribution in [0.25, 0.3) is 11.3 Å². The predicted octanol–water partition coefficient (Wildman–Crippen LogP) is 3.86. The van der Waals surface area contributed by atoms with E-state index in [0.717, 1.165) is 16.9 Å². The molecule has 3 aromatic rings. The summed E-state index contributed by atoms with van der Waals surface area (Å²) in [5.41, 5.74) is 0.814. The minimum absolute atomic E-state index is 0.122. The van der Waals surface area contributed by atoms with Crippen LogP contribution in [0.1, 0.15) is 0 Å². The average molecular weight is 341 g/mol. The molecule has 0 saturated carbocycles. The predicted molar refractivity (Wildman–Crippen MR) is 82.1 cm³/mol. The SMILES string of the molecule is O=S(=O)(Nc1cc(-c2ccccc2)on1)c1ccc(Cl)s1. The topological polar surface area (TPSA) is 72.2 Å². The summed E-state index contributed by atoms with van der Waals surface area (Å²) in [5, 5.41) is 3.72. The van der Waals surface area contributed by atoms with Crippen LogP contribution in [0.5, 0.6) is 0 Å².